The molecule has 3 aromatic carbocycles. The summed E-state index contributed by atoms with van der Waals surface area (Å²) in [5, 5.41) is 12.3. The summed E-state index contributed by atoms with van der Waals surface area (Å²) in [7, 11) is 1.56. The number of nitrogens with zero attached hydrogens (tertiary/aromatic N) is 3. The highest BCUT2D eigenvalue weighted by molar-refractivity contribution is 6.32. The fourth-order valence-electron chi connectivity index (χ4n) is 3.43. The van der Waals surface area contributed by atoms with E-state index < -0.39 is 0 Å². The van der Waals surface area contributed by atoms with Crippen LogP contribution in [-0.2, 0) is 4.79 Å². The molecule has 8 heteroatoms. The van der Waals surface area contributed by atoms with Gasteiger partial charge in [-0.25, -0.2) is 0 Å². The fraction of sp³-hybridized carbons (Fsp3) is 0.0385. The van der Waals surface area contributed by atoms with E-state index >= 15 is 0 Å². The summed E-state index contributed by atoms with van der Waals surface area (Å²) in [6.45, 7) is 0. The van der Waals surface area contributed by atoms with E-state index in [0.29, 0.717) is 38.9 Å². The lowest BCUT2D eigenvalue weighted by Gasteiger charge is -2.04. The van der Waals surface area contributed by atoms with E-state index in [1.807, 2.05) is 48.5 Å². The molecule has 0 aliphatic heterocycles. The number of amides is 1. The molecule has 2 aromatic heterocycles. The van der Waals surface area contributed by atoms with Crippen LogP contribution in [0.25, 0.3) is 34.1 Å². The molecule has 2 heterocycles. The summed E-state index contributed by atoms with van der Waals surface area (Å²) in [5.41, 5.74) is 3.59. The van der Waals surface area contributed by atoms with Gasteiger partial charge >= 0.3 is 0 Å². The van der Waals surface area contributed by atoms with Gasteiger partial charge < -0.3 is 14.5 Å². The number of rotatable bonds is 6. The van der Waals surface area contributed by atoms with Crippen LogP contribution in [0.4, 0.5) is 5.69 Å². The zero-order valence-electron chi connectivity index (χ0n) is 18.1. The molecule has 0 atom stereocenters. The first-order chi connectivity index (χ1) is 16.6. The van der Waals surface area contributed by atoms with Crippen molar-refractivity contribution in [3.63, 3.8) is 0 Å². The van der Waals surface area contributed by atoms with E-state index in [9.17, 15) is 4.79 Å². The van der Waals surface area contributed by atoms with Crippen molar-refractivity contribution in [1.29, 1.82) is 0 Å². The summed E-state index contributed by atoms with van der Waals surface area (Å²) in [6.07, 6.45) is 3.05. The minimum Gasteiger partial charge on any atom is -0.495 e. The molecule has 0 saturated carbocycles. The van der Waals surface area contributed by atoms with Gasteiger partial charge in [0.25, 0.3) is 0 Å². The number of anilines is 1. The van der Waals surface area contributed by atoms with Crippen molar-refractivity contribution in [2.75, 3.05) is 12.4 Å². The average molecular weight is 471 g/mol. The van der Waals surface area contributed by atoms with Gasteiger partial charge in [-0.05, 0) is 54.6 Å². The molecule has 5 rings (SSSR count). The van der Waals surface area contributed by atoms with Gasteiger partial charge in [0, 0.05) is 17.3 Å². The average Bonchev–Trinajstić information content (AvgIpc) is 3.50. The Kier molecular flexibility index (Phi) is 5.84. The molecule has 0 spiro atoms. The van der Waals surface area contributed by atoms with Crippen LogP contribution in [0.2, 0.25) is 5.02 Å². The number of aromatic nitrogens is 3. The Bertz CT molecular complexity index is 1510. The van der Waals surface area contributed by atoms with Crippen molar-refractivity contribution in [2.24, 2.45) is 0 Å². The first kappa shape index (κ1) is 21.5. The van der Waals surface area contributed by atoms with Crippen LogP contribution in [0.15, 0.2) is 89.4 Å². The normalized spacial score (nSPS) is 11.2. The Morgan fingerprint density at radius 3 is 2.62 bits per heavy atom. The molecule has 0 radical (unpaired) electrons. The Balaban J connectivity index is 1.29. The van der Waals surface area contributed by atoms with Gasteiger partial charge in [0.1, 0.15) is 28.3 Å². The van der Waals surface area contributed by atoms with Crippen LogP contribution in [0.5, 0.6) is 5.75 Å². The SMILES string of the molecule is COc1ccc(-n2nc3ccc(NC(=O)/C=C/c4ccc(-c5ccccc5)o4)cc3n2)cc1Cl. The summed E-state index contributed by atoms with van der Waals surface area (Å²) in [5.74, 6) is 1.62. The van der Waals surface area contributed by atoms with E-state index in [1.165, 1.54) is 10.9 Å². The van der Waals surface area contributed by atoms with Crippen molar-refractivity contribution in [3.05, 3.63) is 95.7 Å². The van der Waals surface area contributed by atoms with Crippen LogP contribution < -0.4 is 10.1 Å². The highest BCUT2D eigenvalue weighted by Crippen LogP contribution is 2.27. The minimum absolute atomic E-state index is 0.286. The van der Waals surface area contributed by atoms with Gasteiger partial charge in [-0.3, -0.25) is 4.79 Å². The second kappa shape index (κ2) is 9.25. The maximum atomic E-state index is 12.4. The van der Waals surface area contributed by atoms with Crippen LogP contribution in [0.3, 0.4) is 0 Å². The van der Waals surface area contributed by atoms with Gasteiger partial charge in [0.05, 0.1) is 17.8 Å². The lowest BCUT2D eigenvalue weighted by Crippen LogP contribution is -2.07. The highest BCUT2D eigenvalue weighted by atomic mass is 35.5. The Morgan fingerprint density at radius 2 is 1.82 bits per heavy atom. The molecule has 0 aliphatic rings. The molecular weight excluding hydrogens is 452 g/mol. The number of carbonyl (C=O) groups is 1. The third kappa shape index (κ3) is 4.55. The quantitative estimate of drug-likeness (QED) is 0.308. The second-order valence-electron chi connectivity index (χ2n) is 7.40. The van der Waals surface area contributed by atoms with Crippen molar-refractivity contribution in [2.45, 2.75) is 0 Å². The molecule has 0 fully saturated rings. The van der Waals surface area contributed by atoms with Gasteiger partial charge in [0.2, 0.25) is 5.91 Å². The van der Waals surface area contributed by atoms with Crippen LogP contribution in [0.1, 0.15) is 5.76 Å². The van der Waals surface area contributed by atoms with E-state index in [-0.39, 0.29) is 5.91 Å². The van der Waals surface area contributed by atoms with Crippen molar-refractivity contribution in [1.82, 2.24) is 15.0 Å². The number of ether oxygens (including phenoxy) is 1. The molecule has 1 N–H and O–H groups in total. The lowest BCUT2D eigenvalue weighted by molar-refractivity contribution is -0.111. The number of hydrogen-bond donors (Lipinski definition) is 1. The van der Waals surface area contributed by atoms with Crippen LogP contribution >= 0.6 is 11.6 Å². The third-order valence-corrected chi connectivity index (χ3v) is 5.39. The summed E-state index contributed by atoms with van der Waals surface area (Å²) < 4.78 is 11.0. The third-order valence-electron chi connectivity index (χ3n) is 5.10. The van der Waals surface area contributed by atoms with Crippen molar-refractivity contribution in [3.8, 4) is 22.8 Å². The molecule has 1 amide bonds. The minimum atomic E-state index is -0.286. The van der Waals surface area contributed by atoms with Crippen LogP contribution in [-0.4, -0.2) is 28.0 Å². The fourth-order valence-corrected chi connectivity index (χ4v) is 3.68. The molecule has 0 unspecified atom stereocenters. The smallest absolute Gasteiger partial charge is 0.248 e. The molecule has 0 saturated heterocycles. The molecule has 34 heavy (non-hydrogen) atoms. The predicted octanol–water partition coefficient (Wildman–Crippen LogP) is 5.99. The van der Waals surface area contributed by atoms with E-state index in [2.05, 4.69) is 15.5 Å². The first-order valence-electron chi connectivity index (χ1n) is 10.4. The van der Waals surface area contributed by atoms with Gasteiger partial charge in [-0.2, -0.15) is 4.80 Å². The van der Waals surface area contributed by atoms with Crippen molar-refractivity contribution >= 4 is 40.3 Å². The monoisotopic (exact) mass is 470 g/mol. The number of hydrogen-bond acceptors (Lipinski definition) is 5. The van der Waals surface area contributed by atoms with E-state index in [4.69, 9.17) is 20.8 Å². The lowest BCUT2D eigenvalue weighted by atomic mass is 10.2. The number of carbonyl (C=O) groups excluding carboxylic acids is 1. The standard InChI is InChI=1S/C26H19ClN4O3/c1-33-25-12-8-19(16-21(25)27)31-29-22-11-7-18(15-23(22)30-31)28-26(32)14-10-20-9-13-24(34-20)17-5-3-2-4-6-17/h2-16H,1H3,(H,28,32)/b14-10+. The number of methoxy groups -OCH3 is 1. The largest absolute Gasteiger partial charge is 0.495 e. The number of benzene rings is 3. The Labute approximate surface area is 200 Å². The highest BCUT2D eigenvalue weighted by Gasteiger charge is 2.09. The molecule has 0 bridgehead atoms. The topological polar surface area (TPSA) is 82.2 Å². The first-order valence-corrected chi connectivity index (χ1v) is 10.8. The number of nitrogens with one attached hydrogen (secondary N) is 1. The van der Waals surface area contributed by atoms with Gasteiger partial charge in [-0.15, -0.1) is 10.2 Å². The molecular formula is C26H19ClN4O3. The second-order valence-corrected chi connectivity index (χ2v) is 7.81. The zero-order chi connectivity index (χ0) is 23.5. The molecule has 7 nitrogen and oxygen atoms in total. The maximum Gasteiger partial charge on any atom is 0.248 e. The zero-order valence-corrected chi connectivity index (χ0v) is 18.9. The Hall–Kier alpha value is -4.36. The van der Waals surface area contributed by atoms with E-state index in [0.717, 1.165) is 11.3 Å². The number of halogens is 1. The summed E-state index contributed by atoms with van der Waals surface area (Å²) >= 11 is 6.21. The molecule has 168 valence electrons. The maximum absolute atomic E-state index is 12.4. The van der Waals surface area contributed by atoms with Crippen molar-refractivity contribution < 1.29 is 13.9 Å². The van der Waals surface area contributed by atoms with Crippen LogP contribution in [0, 0.1) is 0 Å². The Morgan fingerprint density at radius 1 is 1.00 bits per heavy atom. The summed E-state index contributed by atoms with van der Waals surface area (Å²) in [4.78, 5) is 13.9. The molecule has 0 aliphatic carbocycles. The molecule has 5 aromatic rings. The number of fused-ring (bicyclic) bond motifs is 1. The predicted molar refractivity (Wildman–Crippen MR) is 132 cm³/mol. The van der Waals surface area contributed by atoms with Gasteiger partial charge in [0.15, 0.2) is 0 Å². The summed E-state index contributed by atoms with van der Waals surface area (Å²) in [6, 6.07) is 24.1. The number of furan rings is 1. The van der Waals surface area contributed by atoms with Gasteiger partial charge in [-0.1, -0.05) is 41.9 Å². The van der Waals surface area contributed by atoms with E-state index in [1.54, 1.807) is 43.5 Å².